The van der Waals surface area contributed by atoms with Gasteiger partial charge in [0, 0.05) is 6.61 Å². The fraction of sp³-hybridized carbons (Fsp3) is 0.538. The van der Waals surface area contributed by atoms with Crippen molar-refractivity contribution >= 4 is 8.32 Å². The third-order valence-corrected chi connectivity index (χ3v) is 5.49. The molecule has 1 nitrogen and oxygen atoms in total. The molecule has 84 valence electrons. The molecule has 1 aromatic rings. The Morgan fingerprint density at radius 3 is 2.40 bits per heavy atom. The van der Waals surface area contributed by atoms with Crippen molar-refractivity contribution < 1.29 is 4.43 Å². The number of aryl methyl sites for hydroxylation is 1. The molecule has 0 saturated carbocycles. The van der Waals surface area contributed by atoms with E-state index in [2.05, 4.69) is 50.3 Å². The summed E-state index contributed by atoms with van der Waals surface area (Å²) in [4.78, 5) is 0. The first kappa shape index (κ1) is 12.5. The maximum absolute atomic E-state index is 5.94. The summed E-state index contributed by atoms with van der Waals surface area (Å²) in [6.45, 7) is 7.72. The number of benzene rings is 1. The van der Waals surface area contributed by atoms with Crippen LogP contribution in [0.2, 0.25) is 19.1 Å². The molecule has 0 aliphatic rings. The standard InChI is InChI=1S/C13H22OSi/c1-4-15(2,3)14-12-8-11-13-9-6-5-7-10-13/h5-7,9-10H,4,8,11-12H2,1-3H3. The quantitative estimate of drug-likeness (QED) is 0.524. The average Bonchev–Trinajstić information content (AvgIpc) is 2.26. The van der Waals surface area contributed by atoms with Gasteiger partial charge in [0.2, 0.25) is 0 Å². The number of hydrogen-bond acceptors (Lipinski definition) is 1. The van der Waals surface area contributed by atoms with Gasteiger partial charge in [-0.25, -0.2) is 0 Å². The maximum atomic E-state index is 5.94. The van der Waals surface area contributed by atoms with Gasteiger partial charge in [0.05, 0.1) is 0 Å². The van der Waals surface area contributed by atoms with Crippen molar-refractivity contribution in [2.45, 2.75) is 38.9 Å². The molecule has 0 bridgehead atoms. The van der Waals surface area contributed by atoms with Gasteiger partial charge in [-0.2, -0.15) is 0 Å². The van der Waals surface area contributed by atoms with Crippen LogP contribution in [0.15, 0.2) is 30.3 Å². The molecule has 0 aromatic heterocycles. The zero-order valence-electron chi connectivity index (χ0n) is 10.1. The molecule has 0 atom stereocenters. The molecular formula is C13H22OSi. The minimum Gasteiger partial charge on any atom is -0.417 e. The SMILES string of the molecule is CC[Si](C)(C)OCCCc1ccccc1. The van der Waals surface area contributed by atoms with Gasteiger partial charge in [-0.05, 0) is 37.5 Å². The number of rotatable bonds is 6. The molecule has 0 N–H and O–H groups in total. The molecule has 15 heavy (non-hydrogen) atoms. The second-order valence-corrected chi connectivity index (χ2v) is 9.07. The van der Waals surface area contributed by atoms with Crippen molar-refractivity contribution in [2.75, 3.05) is 6.61 Å². The van der Waals surface area contributed by atoms with E-state index in [0.717, 1.165) is 19.4 Å². The Labute approximate surface area is 94.6 Å². The second-order valence-electron chi connectivity index (χ2n) is 4.55. The Morgan fingerprint density at radius 1 is 1.13 bits per heavy atom. The molecule has 0 aliphatic heterocycles. The Hall–Kier alpha value is -0.603. The zero-order chi connectivity index (χ0) is 11.1. The van der Waals surface area contributed by atoms with Crippen molar-refractivity contribution in [3.8, 4) is 0 Å². The van der Waals surface area contributed by atoms with Crippen LogP contribution in [0.1, 0.15) is 18.9 Å². The Bertz CT molecular complexity index is 269. The van der Waals surface area contributed by atoms with E-state index < -0.39 is 8.32 Å². The molecule has 1 rings (SSSR count). The van der Waals surface area contributed by atoms with Gasteiger partial charge in [0.25, 0.3) is 0 Å². The van der Waals surface area contributed by atoms with E-state index in [1.807, 2.05) is 0 Å². The van der Waals surface area contributed by atoms with E-state index in [4.69, 9.17) is 4.43 Å². The lowest BCUT2D eigenvalue weighted by molar-refractivity contribution is 0.301. The maximum Gasteiger partial charge on any atom is 0.186 e. The highest BCUT2D eigenvalue weighted by Crippen LogP contribution is 2.11. The summed E-state index contributed by atoms with van der Waals surface area (Å²) < 4.78 is 5.94. The lowest BCUT2D eigenvalue weighted by Gasteiger charge is -2.20. The van der Waals surface area contributed by atoms with E-state index in [-0.39, 0.29) is 0 Å². The van der Waals surface area contributed by atoms with Crippen molar-refractivity contribution in [1.29, 1.82) is 0 Å². The Balaban J connectivity index is 2.18. The van der Waals surface area contributed by atoms with Crippen LogP contribution < -0.4 is 0 Å². The van der Waals surface area contributed by atoms with Crippen LogP contribution in [-0.2, 0) is 10.8 Å². The minimum absolute atomic E-state index is 0.919. The van der Waals surface area contributed by atoms with Crippen LogP contribution in [0.25, 0.3) is 0 Å². The van der Waals surface area contributed by atoms with E-state index in [1.54, 1.807) is 0 Å². The van der Waals surface area contributed by atoms with Crippen molar-refractivity contribution in [3.63, 3.8) is 0 Å². The van der Waals surface area contributed by atoms with Crippen LogP contribution in [-0.4, -0.2) is 14.9 Å². The molecule has 0 heterocycles. The first-order valence-corrected chi connectivity index (χ1v) is 8.93. The molecule has 0 unspecified atom stereocenters. The first-order valence-electron chi connectivity index (χ1n) is 5.82. The predicted molar refractivity (Wildman–Crippen MR) is 68.7 cm³/mol. The largest absolute Gasteiger partial charge is 0.417 e. The molecule has 2 heteroatoms. The van der Waals surface area contributed by atoms with Crippen molar-refractivity contribution in [1.82, 2.24) is 0 Å². The third-order valence-electron chi connectivity index (χ3n) is 2.80. The number of hydrogen-bond donors (Lipinski definition) is 0. The van der Waals surface area contributed by atoms with Gasteiger partial charge < -0.3 is 4.43 Å². The predicted octanol–water partition coefficient (Wildman–Crippen LogP) is 3.86. The second kappa shape index (κ2) is 6.08. The van der Waals surface area contributed by atoms with Gasteiger partial charge in [-0.15, -0.1) is 0 Å². The molecule has 0 amide bonds. The van der Waals surface area contributed by atoms with Gasteiger partial charge in [-0.3, -0.25) is 0 Å². The van der Waals surface area contributed by atoms with Crippen molar-refractivity contribution in [3.05, 3.63) is 35.9 Å². The monoisotopic (exact) mass is 222 g/mol. The third kappa shape index (κ3) is 5.14. The molecule has 0 fully saturated rings. The van der Waals surface area contributed by atoms with Crippen LogP contribution >= 0.6 is 0 Å². The molecule has 1 aromatic carbocycles. The van der Waals surface area contributed by atoms with Crippen molar-refractivity contribution in [2.24, 2.45) is 0 Å². The summed E-state index contributed by atoms with van der Waals surface area (Å²) in [7, 11) is -1.32. The van der Waals surface area contributed by atoms with E-state index >= 15 is 0 Å². The van der Waals surface area contributed by atoms with E-state index in [9.17, 15) is 0 Å². The highest BCUT2D eigenvalue weighted by Gasteiger charge is 2.18. The zero-order valence-corrected chi connectivity index (χ0v) is 11.1. The minimum atomic E-state index is -1.32. The summed E-state index contributed by atoms with van der Waals surface area (Å²) in [6, 6.07) is 11.8. The highest BCUT2D eigenvalue weighted by atomic mass is 28.4. The van der Waals surface area contributed by atoms with Gasteiger partial charge >= 0.3 is 0 Å². The molecular weight excluding hydrogens is 200 g/mol. The fourth-order valence-corrected chi connectivity index (χ4v) is 2.27. The van der Waals surface area contributed by atoms with Crippen LogP contribution in [0.4, 0.5) is 0 Å². The van der Waals surface area contributed by atoms with Gasteiger partial charge in [0.15, 0.2) is 8.32 Å². The van der Waals surface area contributed by atoms with Crippen LogP contribution in [0.3, 0.4) is 0 Å². The molecule has 0 spiro atoms. The molecule has 0 saturated heterocycles. The van der Waals surface area contributed by atoms with Gasteiger partial charge in [0.1, 0.15) is 0 Å². The van der Waals surface area contributed by atoms with Crippen LogP contribution in [0.5, 0.6) is 0 Å². The Kier molecular flexibility index (Phi) is 5.06. The summed E-state index contributed by atoms with van der Waals surface area (Å²) in [6.07, 6.45) is 2.27. The molecule has 0 radical (unpaired) electrons. The summed E-state index contributed by atoms with van der Waals surface area (Å²) in [5.74, 6) is 0. The summed E-state index contributed by atoms with van der Waals surface area (Å²) >= 11 is 0. The lowest BCUT2D eigenvalue weighted by atomic mass is 10.1. The molecule has 0 aliphatic carbocycles. The average molecular weight is 222 g/mol. The topological polar surface area (TPSA) is 9.23 Å². The van der Waals surface area contributed by atoms with E-state index in [0.29, 0.717) is 0 Å². The highest BCUT2D eigenvalue weighted by molar-refractivity contribution is 6.71. The summed E-state index contributed by atoms with van der Waals surface area (Å²) in [5, 5.41) is 0. The Morgan fingerprint density at radius 2 is 1.80 bits per heavy atom. The smallest absolute Gasteiger partial charge is 0.186 e. The van der Waals surface area contributed by atoms with Crippen LogP contribution in [0, 0.1) is 0 Å². The van der Waals surface area contributed by atoms with Gasteiger partial charge in [-0.1, -0.05) is 37.3 Å². The fourth-order valence-electron chi connectivity index (χ4n) is 1.37. The first-order chi connectivity index (χ1) is 7.14. The van der Waals surface area contributed by atoms with E-state index in [1.165, 1.54) is 11.6 Å². The lowest BCUT2D eigenvalue weighted by Crippen LogP contribution is -2.29. The normalized spacial score (nSPS) is 11.7. The summed E-state index contributed by atoms with van der Waals surface area (Å²) in [5.41, 5.74) is 1.41.